The third-order valence-corrected chi connectivity index (χ3v) is 1.33. The number of rotatable bonds is 7. The minimum absolute atomic E-state index is 0.296. The molecular formula is C11H20O9. The minimum atomic E-state index is -1.08. The van der Waals surface area contributed by atoms with E-state index in [-0.39, 0.29) is 25.7 Å². The molecule has 0 unspecified atom stereocenters. The van der Waals surface area contributed by atoms with Crippen molar-refractivity contribution in [1.29, 1.82) is 0 Å². The summed E-state index contributed by atoms with van der Waals surface area (Å²) in [7, 11) is 0. The Labute approximate surface area is 115 Å². The number of hydrogen-bond acceptors (Lipinski definition) is 5. The summed E-state index contributed by atoms with van der Waals surface area (Å²) in [4.78, 5) is 38.6. The van der Waals surface area contributed by atoms with Crippen LogP contribution in [0.5, 0.6) is 0 Å². The molecule has 118 valence electrons. The fourth-order valence-corrected chi connectivity index (χ4v) is 0.428. The van der Waals surface area contributed by atoms with E-state index in [0.29, 0.717) is 6.61 Å². The molecule has 0 atom stereocenters. The number of aliphatic hydroxyl groups is 1. The summed E-state index contributed by atoms with van der Waals surface area (Å²) in [5.41, 5.74) is 0. The van der Waals surface area contributed by atoms with Gasteiger partial charge in [0.05, 0.1) is 25.7 Å². The molecule has 20 heavy (non-hydrogen) atoms. The van der Waals surface area contributed by atoms with E-state index in [1.807, 2.05) is 6.92 Å². The summed E-state index contributed by atoms with van der Waals surface area (Å²) in [6, 6.07) is 0. The highest BCUT2D eigenvalue weighted by molar-refractivity contribution is 5.75. The van der Waals surface area contributed by atoms with Crippen LogP contribution in [-0.2, 0) is 19.2 Å². The van der Waals surface area contributed by atoms with E-state index < -0.39 is 23.9 Å². The van der Waals surface area contributed by atoms with Gasteiger partial charge < -0.3 is 25.5 Å². The molecule has 0 bridgehead atoms. The lowest BCUT2D eigenvalue weighted by atomic mass is 10.3. The van der Waals surface area contributed by atoms with Crippen LogP contribution in [0.1, 0.15) is 39.0 Å². The Morgan fingerprint density at radius 1 is 0.650 bits per heavy atom. The highest BCUT2D eigenvalue weighted by Crippen LogP contribution is 1.86. The predicted octanol–water partition coefficient (Wildman–Crippen LogP) is 0.260. The van der Waals surface area contributed by atoms with Crippen LogP contribution in [-0.4, -0.2) is 56.0 Å². The molecule has 0 aromatic rings. The van der Waals surface area contributed by atoms with Crippen LogP contribution in [0, 0.1) is 0 Å². The molecule has 9 heteroatoms. The molecule has 0 aliphatic carbocycles. The van der Waals surface area contributed by atoms with Crippen molar-refractivity contribution in [2.24, 2.45) is 0 Å². The Morgan fingerprint density at radius 2 is 0.800 bits per heavy atom. The number of aliphatic hydroxyl groups excluding tert-OH is 1. The van der Waals surface area contributed by atoms with Crippen molar-refractivity contribution in [3.05, 3.63) is 0 Å². The molecule has 0 saturated carbocycles. The maximum Gasteiger partial charge on any atom is 0.303 e. The first-order chi connectivity index (χ1) is 9.17. The number of hydrogen-bond donors (Lipinski definition) is 5. The maximum atomic E-state index is 9.64. The first kappa shape index (κ1) is 23.0. The van der Waals surface area contributed by atoms with E-state index in [9.17, 15) is 19.2 Å². The summed E-state index contributed by atoms with van der Waals surface area (Å²) in [5, 5.41) is 39.5. The minimum Gasteiger partial charge on any atom is -0.481 e. The summed E-state index contributed by atoms with van der Waals surface area (Å²) < 4.78 is 0. The molecule has 0 aromatic carbocycles. The highest BCUT2D eigenvalue weighted by Gasteiger charge is 2.00. The lowest BCUT2D eigenvalue weighted by Crippen LogP contribution is -2.00. The molecule has 5 N–H and O–H groups in total. The molecule has 0 radical (unpaired) electrons. The van der Waals surface area contributed by atoms with Crippen LogP contribution in [0.15, 0.2) is 0 Å². The summed E-state index contributed by atoms with van der Waals surface area (Å²) >= 11 is 0. The molecule has 0 spiro atoms. The van der Waals surface area contributed by atoms with Gasteiger partial charge in [0.2, 0.25) is 0 Å². The molecule has 0 fully saturated rings. The Kier molecular flexibility index (Phi) is 19.3. The van der Waals surface area contributed by atoms with Gasteiger partial charge in [-0.15, -0.1) is 0 Å². The van der Waals surface area contributed by atoms with Gasteiger partial charge in [-0.2, -0.15) is 0 Å². The number of carboxylic acids is 4. The fourth-order valence-electron chi connectivity index (χ4n) is 0.428. The fraction of sp³-hybridized carbons (Fsp3) is 0.636. The third-order valence-electron chi connectivity index (χ3n) is 1.33. The lowest BCUT2D eigenvalue weighted by Gasteiger charge is -1.85. The van der Waals surface area contributed by atoms with E-state index in [4.69, 9.17) is 25.5 Å². The molecule has 9 nitrogen and oxygen atoms in total. The van der Waals surface area contributed by atoms with E-state index in [1.165, 1.54) is 0 Å². The predicted molar refractivity (Wildman–Crippen MR) is 66.4 cm³/mol. The molecule has 0 aliphatic heterocycles. The second-order valence-corrected chi connectivity index (χ2v) is 3.30. The largest absolute Gasteiger partial charge is 0.481 e. The second kappa shape index (κ2) is 16.8. The van der Waals surface area contributed by atoms with Crippen LogP contribution < -0.4 is 0 Å². The molecule has 0 rings (SSSR count). The average molecular weight is 296 g/mol. The van der Waals surface area contributed by atoms with Crippen LogP contribution in [0.4, 0.5) is 0 Å². The van der Waals surface area contributed by atoms with Gasteiger partial charge in [0, 0.05) is 6.61 Å². The van der Waals surface area contributed by atoms with Gasteiger partial charge >= 0.3 is 23.9 Å². The Bertz CT molecular complexity index is 240. The average Bonchev–Trinajstić information content (AvgIpc) is 2.35. The summed E-state index contributed by atoms with van der Waals surface area (Å²) in [5.74, 6) is -4.31. The third kappa shape index (κ3) is 44.6. The summed E-state index contributed by atoms with van der Waals surface area (Å²) in [6.45, 7) is 2.25. The zero-order chi connectivity index (χ0) is 16.6. The number of carboxylic acid groups (broad SMARTS) is 4. The van der Waals surface area contributed by atoms with Crippen molar-refractivity contribution in [3.63, 3.8) is 0 Å². The number of aliphatic carboxylic acids is 4. The van der Waals surface area contributed by atoms with Crippen LogP contribution >= 0.6 is 0 Å². The van der Waals surface area contributed by atoms with Gasteiger partial charge in [0.1, 0.15) is 0 Å². The van der Waals surface area contributed by atoms with Crippen molar-refractivity contribution in [2.45, 2.75) is 39.0 Å². The van der Waals surface area contributed by atoms with E-state index in [0.717, 1.165) is 6.42 Å². The van der Waals surface area contributed by atoms with Crippen LogP contribution in [0.3, 0.4) is 0 Å². The smallest absolute Gasteiger partial charge is 0.303 e. The van der Waals surface area contributed by atoms with E-state index in [1.54, 1.807) is 0 Å². The Hall–Kier alpha value is -2.16. The standard InChI is InChI=1S/2C4H6O4.C3H8O/c2*5-3(6)1-2-4(7)8;1-2-3-4/h2*1-2H2,(H,5,6)(H,7,8);4H,2-3H2,1H3. The Morgan fingerprint density at radius 3 is 0.850 bits per heavy atom. The second-order valence-electron chi connectivity index (χ2n) is 3.30. The van der Waals surface area contributed by atoms with E-state index >= 15 is 0 Å². The first-order valence-corrected chi connectivity index (χ1v) is 5.65. The summed E-state index contributed by atoms with van der Waals surface area (Å²) in [6.07, 6.45) is -0.310. The Balaban J connectivity index is -0.000000230. The van der Waals surface area contributed by atoms with Gasteiger partial charge in [0.15, 0.2) is 0 Å². The zero-order valence-electron chi connectivity index (χ0n) is 11.1. The lowest BCUT2D eigenvalue weighted by molar-refractivity contribution is -0.143. The van der Waals surface area contributed by atoms with Gasteiger partial charge in [-0.25, -0.2) is 0 Å². The van der Waals surface area contributed by atoms with Crippen molar-refractivity contribution in [1.82, 2.24) is 0 Å². The molecular weight excluding hydrogens is 276 g/mol. The quantitative estimate of drug-likeness (QED) is 0.442. The SMILES string of the molecule is CCCO.O=C(O)CCC(=O)O.O=C(O)CCC(=O)O. The molecule has 0 aliphatic rings. The van der Waals surface area contributed by atoms with Gasteiger partial charge in [-0.1, -0.05) is 6.92 Å². The monoisotopic (exact) mass is 296 g/mol. The van der Waals surface area contributed by atoms with Gasteiger partial charge in [0.25, 0.3) is 0 Å². The van der Waals surface area contributed by atoms with Gasteiger partial charge in [-0.05, 0) is 6.42 Å². The van der Waals surface area contributed by atoms with Crippen molar-refractivity contribution >= 4 is 23.9 Å². The highest BCUT2D eigenvalue weighted by atomic mass is 16.4. The zero-order valence-corrected chi connectivity index (χ0v) is 11.1. The van der Waals surface area contributed by atoms with Crippen LogP contribution in [0.2, 0.25) is 0 Å². The van der Waals surface area contributed by atoms with Crippen LogP contribution in [0.25, 0.3) is 0 Å². The van der Waals surface area contributed by atoms with Crippen molar-refractivity contribution in [3.8, 4) is 0 Å². The van der Waals surface area contributed by atoms with Crippen molar-refractivity contribution < 1.29 is 44.7 Å². The molecule has 0 amide bonds. The molecule has 0 heterocycles. The topological polar surface area (TPSA) is 169 Å². The first-order valence-electron chi connectivity index (χ1n) is 5.65. The number of carbonyl (C=O) groups is 4. The van der Waals surface area contributed by atoms with Gasteiger partial charge in [-0.3, -0.25) is 19.2 Å². The maximum absolute atomic E-state index is 9.64. The van der Waals surface area contributed by atoms with Crippen molar-refractivity contribution in [2.75, 3.05) is 6.61 Å². The molecule has 0 aromatic heterocycles. The van der Waals surface area contributed by atoms with E-state index in [2.05, 4.69) is 0 Å². The molecule has 0 saturated heterocycles. The normalized spacial score (nSPS) is 8.30.